The largest absolute Gasteiger partial charge is 0.438 e. The molecule has 0 amide bonds. The number of benzene rings is 1. The minimum absolute atomic E-state index is 0.0681. The van der Waals surface area contributed by atoms with Crippen LogP contribution in [0.25, 0.3) is 5.69 Å². The number of rotatable bonds is 4. The van der Waals surface area contributed by atoms with Crippen LogP contribution in [0.2, 0.25) is 0 Å². The second-order valence-corrected chi connectivity index (χ2v) is 9.45. The second kappa shape index (κ2) is 6.43. The summed E-state index contributed by atoms with van der Waals surface area (Å²) in [5.74, 6) is 1.90. The number of hydrogen-bond donors (Lipinski definition) is 1. The van der Waals surface area contributed by atoms with Gasteiger partial charge in [0.2, 0.25) is 0 Å². The number of nitrogens with zero attached hydrogens (tertiary/aromatic N) is 5. The molecule has 0 radical (unpaired) electrons. The third-order valence-corrected chi connectivity index (χ3v) is 7.55. The third-order valence-electron chi connectivity index (χ3n) is 7.55. The zero-order valence-electron chi connectivity index (χ0n) is 16.9. The SMILES string of the molecule is Cc1ccccc1-n1nc([N+](=O)[O-])c(=N[C@H](C)C23CC4CC(CC(C4)C2)C3)n1O. The number of hydrogen-bond acceptors (Lipinski definition) is 5. The predicted octanol–water partition coefficient (Wildman–Crippen LogP) is 3.63. The van der Waals surface area contributed by atoms with Crippen molar-refractivity contribution < 1.29 is 10.1 Å². The molecule has 8 nitrogen and oxygen atoms in total. The summed E-state index contributed by atoms with van der Waals surface area (Å²) in [5, 5.41) is 26.5. The van der Waals surface area contributed by atoms with E-state index in [-0.39, 0.29) is 16.9 Å². The van der Waals surface area contributed by atoms with E-state index in [1.807, 2.05) is 25.1 Å². The molecule has 29 heavy (non-hydrogen) atoms. The zero-order chi connectivity index (χ0) is 20.3. The van der Waals surface area contributed by atoms with Crippen molar-refractivity contribution in [3.8, 4) is 5.69 Å². The predicted molar refractivity (Wildman–Crippen MR) is 106 cm³/mol. The van der Waals surface area contributed by atoms with Crippen LogP contribution in [0.3, 0.4) is 0 Å². The molecule has 0 spiro atoms. The minimum atomic E-state index is -0.563. The first-order valence-electron chi connectivity index (χ1n) is 10.5. The monoisotopic (exact) mass is 397 g/mol. The molecule has 0 aliphatic heterocycles. The molecule has 4 aliphatic rings. The quantitative estimate of drug-likeness (QED) is 0.484. The van der Waals surface area contributed by atoms with E-state index >= 15 is 0 Å². The molecular formula is C21H27N5O3. The van der Waals surface area contributed by atoms with Crippen LogP contribution < -0.4 is 5.49 Å². The number of para-hydroxylation sites is 1. The van der Waals surface area contributed by atoms with Gasteiger partial charge in [-0.2, -0.15) is 0 Å². The third kappa shape index (κ3) is 2.88. The Morgan fingerprint density at radius 1 is 1.21 bits per heavy atom. The number of aryl methyl sites for hydroxylation is 1. The summed E-state index contributed by atoms with van der Waals surface area (Å²) in [5.41, 5.74) is 1.47. The van der Waals surface area contributed by atoms with Crippen molar-refractivity contribution in [1.82, 2.24) is 14.7 Å². The lowest BCUT2D eigenvalue weighted by Gasteiger charge is -2.58. The molecule has 1 N–H and O–H groups in total. The van der Waals surface area contributed by atoms with Gasteiger partial charge in [0.05, 0.1) is 11.1 Å². The van der Waals surface area contributed by atoms with E-state index in [2.05, 4.69) is 12.0 Å². The summed E-state index contributed by atoms with van der Waals surface area (Å²) >= 11 is 0. The molecule has 1 aromatic heterocycles. The van der Waals surface area contributed by atoms with Gasteiger partial charge in [-0.05, 0) is 96.9 Å². The highest BCUT2D eigenvalue weighted by molar-refractivity contribution is 5.38. The Morgan fingerprint density at radius 3 is 2.34 bits per heavy atom. The van der Waals surface area contributed by atoms with E-state index in [0.717, 1.165) is 47.4 Å². The summed E-state index contributed by atoms with van der Waals surface area (Å²) in [7, 11) is 0. The highest BCUT2D eigenvalue weighted by Crippen LogP contribution is 2.61. The minimum Gasteiger partial charge on any atom is -0.409 e. The van der Waals surface area contributed by atoms with Crippen LogP contribution in [0.1, 0.15) is 51.0 Å². The topological polar surface area (TPSA) is 98.5 Å². The van der Waals surface area contributed by atoms with E-state index in [1.54, 1.807) is 6.07 Å². The van der Waals surface area contributed by atoms with Gasteiger partial charge in [0, 0.05) is 0 Å². The molecule has 0 unspecified atom stereocenters. The first-order valence-corrected chi connectivity index (χ1v) is 10.5. The molecule has 4 bridgehead atoms. The zero-order valence-corrected chi connectivity index (χ0v) is 16.9. The Balaban J connectivity index is 1.59. The van der Waals surface area contributed by atoms with E-state index in [9.17, 15) is 15.3 Å². The average Bonchev–Trinajstić information content (AvgIpc) is 2.98. The van der Waals surface area contributed by atoms with Gasteiger partial charge in [0.1, 0.15) is 5.69 Å². The molecule has 2 aromatic rings. The fourth-order valence-electron chi connectivity index (χ4n) is 6.54. The summed E-state index contributed by atoms with van der Waals surface area (Å²) < 4.78 is 0. The van der Waals surface area contributed by atoms with Crippen molar-refractivity contribution in [1.29, 1.82) is 0 Å². The normalized spacial score (nSPS) is 31.9. The standard InChI is InChI=1S/C21H27N5O3/c1-13-5-3-4-6-18(13)24-23-20(26(28)29)19(25(24)27)22-14(2)21-10-15-7-16(11-21)9-17(8-15)12-21/h3-6,14-17,27H,7-12H2,1-2H3/t14-,15?,16?,17?,21?/m1/s1. The Kier molecular flexibility index (Phi) is 4.08. The van der Waals surface area contributed by atoms with Gasteiger partial charge in [-0.1, -0.05) is 23.0 Å². The molecule has 1 aromatic carbocycles. The maximum absolute atomic E-state index is 11.7. The van der Waals surface area contributed by atoms with Crippen molar-refractivity contribution in [3.05, 3.63) is 45.4 Å². The average molecular weight is 397 g/mol. The Hall–Kier alpha value is -2.64. The van der Waals surface area contributed by atoms with Crippen molar-refractivity contribution >= 4 is 5.82 Å². The maximum Gasteiger partial charge on any atom is 0.438 e. The van der Waals surface area contributed by atoms with Crippen LogP contribution in [0, 0.1) is 40.2 Å². The van der Waals surface area contributed by atoms with Gasteiger partial charge >= 0.3 is 5.82 Å². The molecule has 4 aliphatic carbocycles. The van der Waals surface area contributed by atoms with Gasteiger partial charge in [0.15, 0.2) is 0 Å². The molecule has 4 fully saturated rings. The Bertz CT molecular complexity index is 1000. The Morgan fingerprint density at radius 2 is 1.79 bits per heavy atom. The lowest BCUT2D eigenvalue weighted by Crippen LogP contribution is -2.50. The van der Waals surface area contributed by atoms with E-state index in [0.29, 0.717) is 5.69 Å². The highest BCUT2D eigenvalue weighted by Gasteiger charge is 2.53. The van der Waals surface area contributed by atoms with Crippen LogP contribution >= 0.6 is 0 Å². The lowest BCUT2D eigenvalue weighted by molar-refractivity contribution is -0.391. The molecule has 6 rings (SSSR count). The molecule has 4 saturated carbocycles. The fraction of sp³-hybridized carbons (Fsp3) is 0.619. The van der Waals surface area contributed by atoms with Crippen molar-refractivity contribution in [2.75, 3.05) is 0 Å². The summed E-state index contributed by atoms with van der Waals surface area (Å²) in [6.45, 7) is 3.93. The summed E-state index contributed by atoms with van der Waals surface area (Å²) in [6, 6.07) is 7.23. The lowest BCUT2D eigenvalue weighted by atomic mass is 9.48. The molecule has 0 saturated heterocycles. The fourth-order valence-corrected chi connectivity index (χ4v) is 6.54. The van der Waals surface area contributed by atoms with Crippen LogP contribution in [0.4, 0.5) is 5.82 Å². The van der Waals surface area contributed by atoms with Crippen LogP contribution in [0.15, 0.2) is 29.3 Å². The highest BCUT2D eigenvalue weighted by atomic mass is 16.6. The number of nitro groups is 1. The molecule has 154 valence electrons. The molecule has 8 heteroatoms. The van der Waals surface area contributed by atoms with Crippen molar-refractivity contribution in [3.63, 3.8) is 0 Å². The molecule has 1 heterocycles. The van der Waals surface area contributed by atoms with Crippen molar-refractivity contribution in [2.24, 2.45) is 28.2 Å². The van der Waals surface area contributed by atoms with E-state index in [1.165, 1.54) is 24.1 Å². The van der Waals surface area contributed by atoms with Crippen molar-refractivity contribution in [2.45, 2.75) is 58.4 Å². The first-order chi connectivity index (χ1) is 13.9. The van der Waals surface area contributed by atoms with Gasteiger partial charge in [-0.15, -0.1) is 0 Å². The smallest absolute Gasteiger partial charge is 0.409 e. The van der Waals surface area contributed by atoms with Crippen LogP contribution in [0.5, 0.6) is 0 Å². The number of aromatic nitrogens is 3. The van der Waals surface area contributed by atoms with E-state index in [4.69, 9.17) is 4.99 Å². The van der Waals surface area contributed by atoms with E-state index < -0.39 is 10.7 Å². The van der Waals surface area contributed by atoms with Crippen LogP contribution in [-0.4, -0.2) is 30.9 Å². The van der Waals surface area contributed by atoms with Gasteiger partial charge in [-0.25, -0.2) is 0 Å². The van der Waals surface area contributed by atoms with Crippen LogP contribution in [-0.2, 0) is 0 Å². The molecule has 1 atom stereocenters. The summed E-state index contributed by atoms with van der Waals surface area (Å²) in [4.78, 5) is 17.7. The van der Waals surface area contributed by atoms with Gasteiger partial charge < -0.3 is 15.3 Å². The van der Waals surface area contributed by atoms with Gasteiger partial charge in [-0.3, -0.25) is 4.99 Å². The second-order valence-electron chi connectivity index (χ2n) is 9.45. The maximum atomic E-state index is 11.7. The first kappa shape index (κ1) is 18.4. The summed E-state index contributed by atoms with van der Waals surface area (Å²) in [6.07, 6.45) is 7.43. The Labute approximate surface area is 169 Å². The molecular weight excluding hydrogens is 370 g/mol. The van der Waals surface area contributed by atoms with Gasteiger partial charge in [0.25, 0.3) is 5.49 Å².